The number of amides is 2. The fourth-order valence-electron chi connectivity index (χ4n) is 4.37. The van der Waals surface area contributed by atoms with Crippen molar-refractivity contribution in [1.82, 2.24) is 9.80 Å². The minimum Gasteiger partial charge on any atom is -0.490 e. The molecule has 0 aliphatic carbocycles. The van der Waals surface area contributed by atoms with E-state index in [1.54, 1.807) is 53.4 Å². The smallest absolute Gasteiger partial charge is 0.260 e. The van der Waals surface area contributed by atoms with Gasteiger partial charge in [0.2, 0.25) is 5.91 Å². The van der Waals surface area contributed by atoms with Gasteiger partial charge in [-0.3, -0.25) is 9.59 Å². The first-order chi connectivity index (χ1) is 16.9. The first kappa shape index (κ1) is 25.6. The van der Waals surface area contributed by atoms with Gasteiger partial charge in [-0.15, -0.1) is 0 Å². The van der Waals surface area contributed by atoms with Crippen molar-refractivity contribution in [2.45, 2.75) is 31.3 Å². The highest BCUT2D eigenvalue weighted by molar-refractivity contribution is 6.30. The van der Waals surface area contributed by atoms with E-state index in [-0.39, 0.29) is 38.0 Å². The maximum Gasteiger partial charge on any atom is 0.260 e. The molecule has 2 aliphatic heterocycles. The number of rotatable bonds is 8. The summed E-state index contributed by atoms with van der Waals surface area (Å²) < 4.78 is 17.9. The van der Waals surface area contributed by atoms with Crippen molar-refractivity contribution in [1.29, 1.82) is 0 Å². The van der Waals surface area contributed by atoms with Gasteiger partial charge in [-0.05, 0) is 61.7 Å². The number of ether oxygens (including phenoxy) is 3. The number of morpholine rings is 1. The number of likely N-dealkylation sites (tertiary alicyclic amines) is 1. The maximum absolute atomic E-state index is 13.2. The Labute approximate surface area is 215 Å². The molecule has 0 bridgehead atoms. The van der Waals surface area contributed by atoms with E-state index in [0.717, 1.165) is 32.4 Å². The predicted molar refractivity (Wildman–Crippen MR) is 134 cm³/mol. The highest BCUT2D eigenvalue weighted by atomic mass is 35.5. The zero-order valence-corrected chi connectivity index (χ0v) is 21.1. The van der Waals surface area contributed by atoms with Crippen molar-refractivity contribution in [2.24, 2.45) is 0 Å². The van der Waals surface area contributed by atoms with Crippen LogP contribution in [0.3, 0.4) is 0 Å². The first-order valence-electron chi connectivity index (χ1n) is 11.9. The predicted octanol–water partition coefficient (Wildman–Crippen LogP) is 4.45. The van der Waals surface area contributed by atoms with E-state index in [1.807, 2.05) is 4.90 Å². The van der Waals surface area contributed by atoms with Gasteiger partial charge >= 0.3 is 0 Å². The second-order valence-electron chi connectivity index (χ2n) is 8.95. The van der Waals surface area contributed by atoms with Gasteiger partial charge in [-0.1, -0.05) is 29.3 Å². The van der Waals surface area contributed by atoms with Crippen LogP contribution in [-0.2, 0) is 14.3 Å². The van der Waals surface area contributed by atoms with E-state index < -0.39 is 5.60 Å². The Hall–Kier alpha value is -2.48. The number of carbonyl (C=O) groups excluding carboxylic acids is 2. The number of halogens is 2. The monoisotopic (exact) mass is 520 g/mol. The van der Waals surface area contributed by atoms with E-state index in [0.29, 0.717) is 34.7 Å². The van der Waals surface area contributed by atoms with Crippen LogP contribution >= 0.6 is 23.2 Å². The average Bonchev–Trinajstić information content (AvgIpc) is 2.88. The van der Waals surface area contributed by atoms with Crippen LogP contribution < -0.4 is 9.47 Å². The Morgan fingerprint density at radius 1 is 0.857 bits per heavy atom. The molecule has 2 saturated heterocycles. The molecule has 4 rings (SSSR count). The molecule has 2 fully saturated rings. The molecule has 2 amide bonds. The Morgan fingerprint density at radius 2 is 1.63 bits per heavy atom. The third-order valence-corrected chi connectivity index (χ3v) is 6.74. The number of hydrogen-bond acceptors (Lipinski definition) is 5. The summed E-state index contributed by atoms with van der Waals surface area (Å²) in [5, 5.41) is 1.15. The Morgan fingerprint density at radius 3 is 2.37 bits per heavy atom. The molecule has 2 aliphatic rings. The molecule has 1 unspecified atom stereocenters. The van der Waals surface area contributed by atoms with Crippen LogP contribution in [0.4, 0.5) is 0 Å². The third kappa shape index (κ3) is 7.26. The van der Waals surface area contributed by atoms with Gasteiger partial charge < -0.3 is 24.0 Å². The molecular weight excluding hydrogens is 491 g/mol. The lowest BCUT2D eigenvalue weighted by molar-refractivity contribution is -0.167. The fraction of sp³-hybridized carbons (Fsp3) is 0.462. The summed E-state index contributed by atoms with van der Waals surface area (Å²) in [6.45, 7) is 2.46. The molecule has 0 spiro atoms. The molecule has 0 saturated carbocycles. The van der Waals surface area contributed by atoms with E-state index in [9.17, 15) is 9.59 Å². The van der Waals surface area contributed by atoms with Crippen LogP contribution in [0.5, 0.6) is 11.5 Å². The van der Waals surface area contributed by atoms with Gasteiger partial charge in [0.1, 0.15) is 23.7 Å². The van der Waals surface area contributed by atoms with Gasteiger partial charge in [0, 0.05) is 29.7 Å². The van der Waals surface area contributed by atoms with E-state index in [1.165, 1.54) is 0 Å². The molecule has 2 aromatic carbocycles. The minimum atomic E-state index is -0.967. The highest BCUT2D eigenvalue weighted by Gasteiger charge is 2.42. The van der Waals surface area contributed by atoms with Gasteiger partial charge in [0.05, 0.1) is 19.6 Å². The third-order valence-electron chi connectivity index (χ3n) is 6.26. The molecular formula is C26H30Cl2N2O5. The second-order valence-corrected chi connectivity index (χ2v) is 9.83. The minimum absolute atomic E-state index is 0.0195. The second kappa shape index (κ2) is 12.0. The molecule has 7 nitrogen and oxygen atoms in total. The van der Waals surface area contributed by atoms with Crippen molar-refractivity contribution in [3.05, 3.63) is 58.6 Å². The lowest BCUT2D eigenvalue weighted by Gasteiger charge is -2.43. The normalized spacial score (nSPS) is 20.4. The average molecular weight is 521 g/mol. The lowest BCUT2D eigenvalue weighted by Crippen LogP contribution is -2.59. The SMILES string of the molecule is O=C(CC1(COc2cccc(Cl)c2)CN(C(=O)COc2ccc(Cl)cc2)CCO1)N1CCCCC1. The van der Waals surface area contributed by atoms with Crippen molar-refractivity contribution in [3.8, 4) is 11.5 Å². The number of piperidine rings is 1. The lowest BCUT2D eigenvalue weighted by atomic mass is 9.96. The van der Waals surface area contributed by atoms with Crippen molar-refractivity contribution >= 4 is 35.0 Å². The molecule has 2 heterocycles. The zero-order chi connectivity index (χ0) is 24.7. The van der Waals surface area contributed by atoms with Crippen LogP contribution in [0.15, 0.2) is 48.5 Å². The van der Waals surface area contributed by atoms with Crippen LogP contribution in [0.1, 0.15) is 25.7 Å². The van der Waals surface area contributed by atoms with Crippen LogP contribution in [0.25, 0.3) is 0 Å². The van der Waals surface area contributed by atoms with E-state index in [4.69, 9.17) is 37.4 Å². The number of benzene rings is 2. The zero-order valence-electron chi connectivity index (χ0n) is 19.6. The molecule has 0 N–H and O–H groups in total. The molecule has 188 valence electrons. The van der Waals surface area contributed by atoms with Crippen molar-refractivity contribution in [3.63, 3.8) is 0 Å². The fourth-order valence-corrected chi connectivity index (χ4v) is 4.68. The topological polar surface area (TPSA) is 68.3 Å². The van der Waals surface area contributed by atoms with E-state index in [2.05, 4.69) is 0 Å². The summed E-state index contributed by atoms with van der Waals surface area (Å²) in [7, 11) is 0. The van der Waals surface area contributed by atoms with Crippen LogP contribution in [0, 0.1) is 0 Å². The maximum atomic E-state index is 13.2. The molecule has 1 atom stereocenters. The summed E-state index contributed by atoms with van der Waals surface area (Å²) in [6.07, 6.45) is 3.28. The Bertz CT molecular complexity index is 1010. The molecule has 2 aromatic rings. The van der Waals surface area contributed by atoms with Gasteiger partial charge in [0.25, 0.3) is 5.91 Å². The van der Waals surface area contributed by atoms with Gasteiger partial charge in [-0.25, -0.2) is 0 Å². The summed E-state index contributed by atoms with van der Waals surface area (Å²) in [5.41, 5.74) is -0.967. The summed E-state index contributed by atoms with van der Waals surface area (Å²) >= 11 is 12.0. The quantitative estimate of drug-likeness (QED) is 0.514. The number of carbonyl (C=O) groups is 2. The molecule has 0 radical (unpaired) electrons. The largest absolute Gasteiger partial charge is 0.490 e. The Balaban J connectivity index is 1.44. The van der Waals surface area contributed by atoms with Crippen LogP contribution in [0.2, 0.25) is 10.0 Å². The summed E-state index contributed by atoms with van der Waals surface area (Å²) in [5.74, 6) is 0.985. The molecule has 0 aromatic heterocycles. The van der Waals surface area contributed by atoms with Gasteiger partial charge in [0.15, 0.2) is 6.61 Å². The summed E-state index contributed by atoms with van der Waals surface area (Å²) in [6, 6.07) is 13.9. The number of nitrogens with zero attached hydrogens (tertiary/aromatic N) is 2. The summed E-state index contributed by atoms with van der Waals surface area (Å²) in [4.78, 5) is 29.8. The first-order valence-corrected chi connectivity index (χ1v) is 12.6. The Kier molecular flexibility index (Phi) is 8.76. The van der Waals surface area contributed by atoms with Crippen molar-refractivity contribution < 1.29 is 23.8 Å². The number of hydrogen-bond donors (Lipinski definition) is 0. The molecule has 9 heteroatoms. The van der Waals surface area contributed by atoms with E-state index >= 15 is 0 Å². The molecule has 35 heavy (non-hydrogen) atoms. The standard InChI is InChI=1S/C26H30Cl2N2O5/c27-20-7-9-22(10-8-20)33-17-25(32)30-13-14-35-26(18-30,16-24(31)29-11-2-1-3-12-29)19-34-23-6-4-5-21(28)15-23/h4-10,15H,1-3,11-14,16-19H2. The van der Waals surface area contributed by atoms with Gasteiger partial charge in [-0.2, -0.15) is 0 Å². The van der Waals surface area contributed by atoms with Crippen LogP contribution in [-0.4, -0.2) is 73.2 Å². The van der Waals surface area contributed by atoms with Crippen molar-refractivity contribution in [2.75, 3.05) is 46.0 Å². The highest BCUT2D eigenvalue weighted by Crippen LogP contribution is 2.27.